The lowest BCUT2D eigenvalue weighted by molar-refractivity contribution is -0.216. The standard InChI is InChI=1S/C29H40ClN3O5Si/c1-9-34-21-13-10-18(11-14-21)16-20-17-19(12-15-22(20)30)23(32-33-31)24-25(38-39(7,8)28(2,3)4)26-27(35-24)37-29(5,6)36-26/h10-15,17,23-27H,9,16H2,1-8H3/t23?,24-,25+,26-,27-/m0/s1. The Hall–Kier alpha value is -2.10. The van der Waals surface area contributed by atoms with E-state index < -0.39 is 44.7 Å². The van der Waals surface area contributed by atoms with Crippen LogP contribution in [0.4, 0.5) is 0 Å². The minimum atomic E-state index is -2.25. The zero-order chi connectivity index (χ0) is 28.6. The molecule has 1 unspecified atom stereocenters. The molecule has 5 atom stereocenters. The van der Waals surface area contributed by atoms with Gasteiger partial charge in [-0.05, 0) is 85.7 Å². The average molecular weight is 574 g/mol. The van der Waals surface area contributed by atoms with E-state index in [-0.39, 0.29) is 5.04 Å². The predicted octanol–water partition coefficient (Wildman–Crippen LogP) is 7.95. The summed E-state index contributed by atoms with van der Waals surface area (Å²) in [5.41, 5.74) is 12.4. The molecule has 0 radical (unpaired) electrons. The molecule has 2 aliphatic heterocycles. The molecule has 0 saturated carbocycles. The molecule has 8 nitrogen and oxygen atoms in total. The summed E-state index contributed by atoms with van der Waals surface area (Å²) in [5, 5.41) is 4.81. The fraction of sp³-hybridized carbons (Fsp3) is 0.586. The van der Waals surface area contributed by atoms with Crippen molar-refractivity contribution in [2.75, 3.05) is 6.61 Å². The van der Waals surface area contributed by atoms with Gasteiger partial charge in [0.1, 0.15) is 24.1 Å². The summed E-state index contributed by atoms with van der Waals surface area (Å²) < 4.78 is 31.2. The van der Waals surface area contributed by atoms with Gasteiger partial charge in [-0.1, -0.05) is 61.8 Å². The molecule has 2 aromatic carbocycles. The van der Waals surface area contributed by atoms with Gasteiger partial charge < -0.3 is 23.4 Å². The lowest BCUT2D eigenvalue weighted by Gasteiger charge is -2.41. The topological polar surface area (TPSA) is 94.9 Å². The number of azide groups is 1. The molecule has 0 bridgehead atoms. The Bertz CT molecular complexity index is 1210. The van der Waals surface area contributed by atoms with Crippen LogP contribution in [0.15, 0.2) is 47.6 Å². The van der Waals surface area contributed by atoms with Crippen molar-refractivity contribution >= 4 is 19.9 Å². The zero-order valence-electron chi connectivity index (χ0n) is 24.1. The molecule has 0 amide bonds. The van der Waals surface area contributed by atoms with Crippen LogP contribution in [0, 0.1) is 0 Å². The van der Waals surface area contributed by atoms with Crippen LogP contribution < -0.4 is 4.74 Å². The summed E-state index contributed by atoms with van der Waals surface area (Å²) in [4.78, 5) is 3.19. The van der Waals surface area contributed by atoms with Crippen molar-refractivity contribution < 1.29 is 23.4 Å². The lowest BCUT2D eigenvalue weighted by Crippen LogP contribution is -2.50. The summed E-state index contributed by atoms with van der Waals surface area (Å²) in [7, 11) is -2.25. The molecule has 2 aromatic rings. The van der Waals surface area contributed by atoms with Gasteiger partial charge in [0.25, 0.3) is 0 Å². The number of benzene rings is 2. The van der Waals surface area contributed by atoms with Crippen molar-refractivity contribution in [3.05, 3.63) is 74.6 Å². The fourth-order valence-electron chi connectivity index (χ4n) is 4.79. The van der Waals surface area contributed by atoms with E-state index in [0.29, 0.717) is 18.1 Å². The van der Waals surface area contributed by atoms with E-state index in [4.69, 9.17) is 35.0 Å². The third kappa shape index (κ3) is 6.63. The molecule has 39 heavy (non-hydrogen) atoms. The molecule has 2 aliphatic rings. The number of hydrogen-bond donors (Lipinski definition) is 0. The highest BCUT2D eigenvalue weighted by Gasteiger charge is 2.59. The molecule has 2 heterocycles. The van der Waals surface area contributed by atoms with Crippen molar-refractivity contribution in [3.63, 3.8) is 0 Å². The number of rotatable bonds is 9. The molecule has 0 aromatic heterocycles. The molecule has 10 heteroatoms. The molecule has 212 valence electrons. The maximum absolute atomic E-state index is 9.59. The monoisotopic (exact) mass is 573 g/mol. The molecule has 0 N–H and O–H groups in total. The van der Waals surface area contributed by atoms with Gasteiger partial charge in [-0.2, -0.15) is 0 Å². The van der Waals surface area contributed by atoms with E-state index in [1.165, 1.54) is 0 Å². The zero-order valence-corrected chi connectivity index (χ0v) is 25.9. The quantitative estimate of drug-likeness (QED) is 0.131. The van der Waals surface area contributed by atoms with Crippen LogP contribution in [0.2, 0.25) is 23.2 Å². The van der Waals surface area contributed by atoms with E-state index in [1.807, 2.05) is 63.2 Å². The highest BCUT2D eigenvalue weighted by atomic mass is 35.5. The van der Waals surface area contributed by atoms with E-state index in [0.717, 1.165) is 22.4 Å². The Labute approximate surface area is 237 Å². The van der Waals surface area contributed by atoms with Crippen molar-refractivity contribution in [2.45, 2.75) is 103 Å². The van der Waals surface area contributed by atoms with Crippen molar-refractivity contribution in [2.24, 2.45) is 5.11 Å². The summed E-state index contributed by atoms with van der Waals surface area (Å²) in [6.45, 7) is 17.3. The van der Waals surface area contributed by atoms with Gasteiger partial charge in [0.05, 0.1) is 12.6 Å². The van der Waals surface area contributed by atoms with Crippen LogP contribution in [-0.2, 0) is 25.1 Å². The third-order valence-corrected chi connectivity index (χ3v) is 12.6. The molecule has 0 aliphatic carbocycles. The van der Waals surface area contributed by atoms with Gasteiger partial charge in [0.2, 0.25) is 0 Å². The van der Waals surface area contributed by atoms with Crippen molar-refractivity contribution in [1.82, 2.24) is 0 Å². The Morgan fingerprint density at radius 1 is 1.13 bits per heavy atom. The van der Waals surface area contributed by atoms with Crippen LogP contribution in [0.25, 0.3) is 10.4 Å². The van der Waals surface area contributed by atoms with Gasteiger partial charge in [-0.3, -0.25) is 0 Å². The SMILES string of the molecule is CCOc1ccc(Cc2cc(C(N=[N+]=[N-])[C@@H]3O[C@H]4OC(C)(C)O[C@H]4[C@@H]3O[Si](C)(C)C(C)(C)C)ccc2Cl)cc1. The second kappa shape index (κ2) is 11.4. The average Bonchev–Trinajstić information content (AvgIpc) is 3.31. The molecule has 2 fully saturated rings. The van der Waals surface area contributed by atoms with Gasteiger partial charge >= 0.3 is 0 Å². The van der Waals surface area contributed by atoms with Crippen LogP contribution >= 0.6 is 11.6 Å². The largest absolute Gasteiger partial charge is 0.494 e. The van der Waals surface area contributed by atoms with E-state index in [2.05, 4.69) is 43.9 Å². The smallest absolute Gasteiger partial charge is 0.192 e. The number of nitrogens with zero attached hydrogens (tertiary/aromatic N) is 3. The van der Waals surface area contributed by atoms with Crippen molar-refractivity contribution in [1.29, 1.82) is 0 Å². The highest BCUT2D eigenvalue weighted by molar-refractivity contribution is 6.74. The number of fused-ring (bicyclic) bond motifs is 1. The summed E-state index contributed by atoms with van der Waals surface area (Å²) in [5.74, 6) is 0.0305. The minimum Gasteiger partial charge on any atom is -0.494 e. The Balaban J connectivity index is 1.67. The molecule has 4 rings (SSSR count). The maximum atomic E-state index is 9.59. The summed E-state index contributed by atoms with van der Waals surface area (Å²) in [6.07, 6.45) is -1.51. The fourth-order valence-corrected chi connectivity index (χ4v) is 6.28. The molecular weight excluding hydrogens is 534 g/mol. The van der Waals surface area contributed by atoms with Gasteiger partial charge in [-0.15, -0.1) is 0 Å². The lowest BCUT2D eigenvalue weighted by atomic mass is 9.94. The van der Waals surface area contributed by atoms with E-state index in [9.17, 15) is 5.53 Å². The molecule has 0 spiro atoms. The predicted molar refractivity (Wildman–Crippen MR) is 155 cm³/mol. The second-order valence-electron chi connectivity index (χ2n) is 12.2. The van der Waals surface area contributed by atoms with Crippen LogP contribution in [0.1, 0.15) is 64.3 Å². The number of halogens is 1. The third-order valence-electron chi connectivity index (χ3n) is 7.79. The molecular formula is C29H40ClN3O5Si. The van der Waals surface area contributed by atoms with Crippen molar-refractivity contribution in [3.8, 4) is 5.75 Å². The summed E-state index contributed by atoms with van der Waals surface area (Å²) >= 11 is 6.63. The Morgan fingerprint density at radius 3 is 2.44 bits per heavy atom. The Morgan fingerprint density at radius 2 is 1.82 bits per heavy atom. The minimum absolute atomic E-state index is 0.0379. The van der Waals surface area contributed by atoms with Crippen LogP contribution in [0.5, 0.6) is 5.75 Å². The van der Waals surface area contributed by atoms with E-state index in [1.54, 1.807) is 0 Å². The number of ether oxygens (including phenoxy) is 4. The highest BCUT2D eigenvalue weighted by Crippen LogP contribution is 2.47. The van der Waals surface area contributed by atoms with Gasteiger partial charge in [-0.25, -0.2) is 0 Å². The first-order chi connectivity index (χ1) is 18.2. The first-order valence-electron chi connectivity index (χ1n) is 13.5. The normalized spacial score (nSPS) is 25.2. The van der Waals surface area contributed by atoms with E-state index >= 15 is 0 Å². The first kappa shape index (κ1) is 29.9. The van der Waals surface area contributed by atoms with Gasteiger partial charge in [0.15, 0.2) is 20.4 Å². The van der Waals surface area contributed by atoms with Crippen LogP contribution in [-0.4, -0.2) is 45.3 Å². The first-order valence-corrected chi connectivity index (χ1v) is 16.8. The maximum Gasteiger partial charge on any atom is 0.192 e. The molecule has 2 saturated heterocycles. The number of hydrogen-bond acceptors (Lipinski definition) is 6. The van der Waals surface area contributed by atoms with Gasteiger partial charge in [0, 0.05) is 9.93 Å². The Kier molecular flexibility index (Phi) is 8.74. The van der Waals surface area contributed by atoms with Crippen LogP contribution in [0.3, 0.4) is 0 Å². The second-order valence-corrected chi connectivity index (χ2v) is 17.3. The summed E-state index contributed by atoms with van der Waals surface area (Å²) in [6, 6.07) is 13.0.